The largest absolute Gasteiger partial charge is 0.326 e. The zero-order valence-corrected chi connectivity index (χ0v) is 10.7. The van der Waals surface area contributed by atoms with Crippen molar-refractivity contribution < 1.29 is 9.59 Å². The number of fused-ring (bicyclic) bond motifs is 1. The fraction of sp³-hybridized carbons (Fsp3) is 0.429. The van der Waals surface area contributed by atoms with Crippen LogP contribution in [-0.2, 0) is 0 Å². The van der Waals surface area contributed by atoms with Gasteiger partial charge in [0.05, 0.1) is 11.1 Å². The highest BCUT2D eigenvalue weighted by Crippen LogP contribution is 2.22. The molecule has 1 heterocycles. The Morgan fingerprint density at radius 2 is 1.61 bits per heavy atom. The van der Waals surface area contributed by atoms with E-state index < -0.39 is 0 Å². The second kappa shape index (κ2) is 4.90. The predicted molar refractivity (Wildman–Crippen MR) is 69.2 cm³/mol. The quantitative estimate of drug-likeness (QED) is 0.822. The van der Waals surface area contributed by atoms with E-state index in [1.54, 1.807) is 24.3 Å². The molecule has 1 aliphatic heterocycles. The third-order valence-electron chi connectivity index (χ3n) is 3.07. The number of rotatable bonds is 4. The van der Waals surface area contributed by atoms with Crippen LogP contribution in [0.3, 0.4) is 0 Å². The molecular formula is C14H18N2O2. The maximum absolute atomic E-state index is 12.1. The number of hydrogen-bond donors (Lipinski definition) is 1. The van der Waals surface area contributed by atoms with E-state index in [0.29, 0.717) is 23.6 Å². The lowest BCUT2D eigenvalue weighted by atomic mass is 10.0. The first-order valence-electron chi connectivity index (χ1n) is 6.21. The van der Waals surface area contributed by atoms with Crippen molar-refractivity contribution in [3.05, 3.63) is 35.4 Å². The van der Waals surface area contributed by atoms with Gasteiger partial charge in [0.15, 0.2) is 0 Å². The molecule has 0 radical (unpaired) electrons. The third kappa shape index (κ3) is 2.29. The molecule has 4 nitrogen and oxygen atoms in total. The van der Waals surface area contributed by atoms with Crippen LogP contribution in [0.4, 0.5) is 0 Å². The Labute approximate surface area is 107 Å². The molecule has 2 N–H and O–H groups in total. The van der Waals surface area contributed by atoms with Crippen molar-refractivity contribution in [2.45, 2.75) is 26.3 Å². The van der Waals surface area contributed by atoms with Crippen LogP contribution in [0, 0.1) is 5.92 Å². The number of nitrogens with zero attached hydrogens (tertiary/aromatic N) is 1. The second-order valence-corrected chi connectivity index (χ2v) is 5.16. The summed E-state index contributed by atoms with van der Waals surface area (Å²) in [6, 6.07) is 6.74. The van der Waals surface area contributed by atoms with Gasteiger partial charge >= 0.3 is 0 Å². The number of amides is 2. The Balaban J connectivity index is 2.14. The van der Waals surface area contributed by atoms with E-state index >= 15 is 0 Å². The molecule has 0 spiro atoms. The summed E-state index contributed by atoms with van der Waals surface area (Å²) >= 11 is 0. The van der Waals surface area contributed by atoms with Gasteiger partial charge < -0.3 is 5.73 Å². The summed E-state index contributed by atoms with van der Waals surface area (Å²) < 4.78 is 0. The van der Waals surface area contributed by atoms with E-state index in [-0.39, 0.29) is 17.9 Å². The molecule has 0 saturated heterocycles. The van der Waals surface area contributed by atoms with Crippen molar-refractivity contribution in [1.29, 1.82) is 0 Å². The van der Waals surface area contributed by atoms with E-state index in [9.17, 15) is 9.59 Å². The lowest BCUT2D eigenvalue weighted by molar-refractivity contribution is 0.0641. The molecule has 2 amide bonds. The average Bonchev–Trinajstić information content (AvgIpc) is 2.54. The molecule has 0 bridgehead atoms. The average molecular weight is 246 g/mol. The molecule has 1 aliphatic rings. The van der Waals surface area contributed by atoms with Gasteiger partial charge in [-0.3, -0.25) is 14.5 Å². The number of carbonyl (C=O) groups is 2. The molecule has 0 fully saturated rings. The summed E-state index contributed by atoms with van der Waals surface area (Å²) in [4.78, 5) is 25.4. The minimum atomic E-state index is -0.227. The molecule has 0 aliphatic carbocycles. The summed E-state index contributed by atoms with van der Waals surface area (Å²) in [6.07, 6.45) is 0.799. The maximum atomic E-state index is 12.1. The Kier molecular flexibility index (Phi) is 3.48. The number of imide groups is 1. The van der Waals surface area contributed by atoms with Crippen molar-refractivity contribution in [3.8, 4) is 0 Å². The van der Waals surface area contributed by atoms with E-state index in [2.05, 4.69) is 13.8 Å². The minimum absolute atomic E-state index is 0.160. The zero-order valence-electron chi connectivity index (χ0n) is 10.7. The molecule has 96 valence electrons. The van der Waals surface area contributed by atoms with Gasteiger partial charge in [-0.2, -0.15) is 0 Å². The van der Waals surface area contributed by atoms with Crippen molar-refractivity contribution >= 4 is 11.8 Å². The highest BCUT2D eigenvalue weighted by Gasteiger charge is 2.35. The molecule has 4 heteroatoms. The monoisotopic (exact) mass is 246 g/mol. The molecule has 1 atom stereocenters. The van der Waals surface area contributed by atoms with Gasteiger partial charge in [-0.15, -0.1) is 0 Å². The third-order valence-corrected chi connectivity index (χ3v) is 3.07. The van der Waals surface area contributed by atoms with Gasteiger partial charge in [0.25, 0.3) is 11.8 Å². The Hall–Kier alpha value is -1.68. The summed E-state index contributed by atoms with van der Waals surface area (Å²) in [6.45, 7) is 4.44. The molecular weight excluding hydrogens is 228 g/mol. The van der Waals surface area contributed by atoms with Crippen LogP contribution in [-0.4, -0.2) is 29.3 Å². The fourth-order valence-electron chi connectivity index (χ4n) is 2.32. The van der Waals surface area contributed by atoms with E-state index in [0.717, 1.165) is 6.42 Å². The van der Waals surface area contributed by atoms with Crippen LogP contribution in [0.2, 0.25) is 0 Å². The Bertz CT molecular complexity index is 447. The summed E-state index contributed by atoms with van der Waals surface area (Å²) in [5, 5.41) is 0. The van der Waals surface area contributed by atoms with Crippen molar-refractivity contribution in [2.75, 3.05) is 6.54 Å². The molecule has 0 aromatic heterocycles. The summed E-state index contributed by atoms with van der Waals surface area (Å²) in [5.74, 6) is -0.000190. The number of hydrogen-bond acceptors (Lipinski definition) is 3. The van der Waals surface area contributed by atoms with E-state index in [1.807, 2.05) is 0 Å². The predicted octanol–water partition coefficient (Wildman–Crippen LogP) is 1.66. The lowest BCUT2D eigenvalue weighted by Crippen LogP contribution is -2.41. The molecule has 0 saturated carbocycles. The van der Waals surface area contributed by atoms with Gasteiger partial charge in [0.1, 0.15) is 0 Å². The number of benzene rings is 1. The van der Waals surface area contributed by atoms with Gasteiger partial charge in [-0.05, 0) is 24.5 Å². The van der Waals surface area contributed by atoms with Crippen LogP contribution >= 0.6 is 0 Å². The second-order valence-electron chi connectivity index (χ2n) is 5.16. The van der Waals surface area contributed by atoms with Crippen LogP contribution in [0.1, 0.15) is 41.0 Å². The maximum Gasteiger partial charge on any atom is 0.261 e. The molecule has 1 unspecified atom stereocenters. The highest BCUT2D eigenvalue weighted by molar-refractivity contribution is 6.21. The van der Waals surface area contributed by atoms with Gasteiger partial charge in [-0.1, -0.05) is 26.0 Å². The van der Waals surface area contributed by atoms with E-state index in [1.165, 1.54) is 4.90 Å². The SMILES string of the molecule is CC(C)CC(N)CN1C(=O)c2ccccc2C1=O. The summed E-state index contributed by atoms with van der Waals surface area (Å²) in [5.41, 5.74) is 6.94. The molecule has 2 rings (SSSR count). The molecule has 1 aromatic rings. The normalized spacial score (nSPS) is 16.3. The topological polar surface area (TPSA) is 63.4 Å². The summed E-state index contributed by atoms with van der Waals surface area (Å²) in [7, 11) is 0. The lowest BCUT2D eigenvalue weighted by Gasteiger charge is -2.20. The van der Waals surface area contributed by atoms with Gasteiger partial charge in [-0.25, -0.2) is 0 Å². The van der Waals surface area contributed by atoms with Gasteiger partial charge in [0.2, 0.25) is 0 Å². The van der Waals surface area contributed by atoms with Crippen LogP contribution in [0.5, 0.6) is 0 Å². The first kappa shape index (κ1) is 12.8. The van der Waals surface area contributed by atoms with Gasteiger partial charge in [0, 0.05) is 12.6 Å². The first-order chi connectivity index (χ1) is 8.50. The molecule has 18 heavy (non-hydrogen) atoms. The number of carbonyl (C=O) groups excluding carboxylic acids is 2. The molecule has 1 aromatic carbocycles. The zero-order chi connectivity index (χ0) is 13.3. The van der Waals surface area contributed by atoms with Crippen molar-refractivity contribution in [2.24, 2.45) is 11.7 Å². The Morgan fingerprint density at radius 1 is 1.11 bits per heavy atom. The standard InChI is InChI=1S/C14H18N2O2/c1-9(2)7-10(15)8-16-13(17)11-5-3-4-6-12(11)14(16)18/h3-6,9-10H,7-8,15H2,1-2H3. The van der Waals surface area contributed by atoms with Crippen LogP contribution in [0.15, 0.2) is 24.3 Å². The van der Waals surface area contributed by atoms with Crippen LogP contribution < -0.4 is 5.73 Å². The first-order valence-corrected chi connectivity index (χ1v) is 6.21. The number of nitrogens with two attached hydrogens (primary N) is 1. The minimum Gasteiger partial charge on any atom is -0.326 e. The highest BCUT2D eigenvalue weighted by atomic mass is 16.2. The van der Waals surface area contributed by atoms with E-state index in [4.69, 9.17) is 5.73 Å². The Morgan fingerprint density at radius 3 is 2.06 bits per heavy atom. The van der Waals surface area contributed by atoms with Crippen LogP contribution in [0.25, 0.3) is 0 Å². The fourth-order valence-corrected chi connectivity index (χ4v) is 2.32. The van der Waals surface area contributed by atoms with Crippen molar-refractivity contribution in [3.63, 3.8) is 0 Å². The smallest absolute Gasteiger partial charge is 0.261 e. The van der Waals surface area contributed by atoms with Crippen molar-refractivity contribution in [1.82, 2.24) is 4.90 Å².